The van der Waals surface area contributed by atoms with Gasteiger partial charge in [-0.15, -0.1) is 0 Å². The molecule has 2 heteroatoms. The molecule has 0 rings (SSSR count). The molecule has 1 unspecified atom stereocenters. The van der Waals surface area contributed by atoms with Gasteiger partial charge >= 0.3 is 0 Å². The number of rotatable bonds is 35. The number of carbonyl (C=O) groups is 1. The van der Waals surface area contributed by atoms with Crippen LogP contribution in [-0.4, -0.2) is 17.0 Å². The highest BCUT2D eigenvalue weighted by atomic mass is 16.3. The number of unbranched alkanes of at least 4 members (excludes halogenated alkanes) is 27. The zero-order valence-electron chi connectivity index (χ0n) is 28.4. The van der Waals surface area contributed by atoms with Gasteiger partial charge in [0.15, 0.2) is 0 Å². The van der Waals surface area contributed by atoms with Crippen LogP contribution in [0.4, 0.5) is 0 Å². The van der Waals surface area contributed by atoms with E-state index in [0.29, 0.717) is 12.8 Å². The summed E-state index contributed by atoms with van der Waals surface area (Å²) in [4.78, 5) is 12.2. The quantitative estimate of drug-likeness (QED) is 0.0601. The van der Waals surface area contributed by atoms with Crippen molar-refractivity contribution in [3.63, 3.8) is 0 Å². The van der Waals surface area contributed by atoms with Gasteiger partial charge in [0.1, 0.15) is 5.78 Å². The molecule has 0 saturated carbocycles. The van der Waals surface area contributed by atoms with E-state index in [-0.39, 0.29) is 5.78 Å². The minimum Gasteiger partial charge on any atom is -0.393 e. The van der Waals surface area contributed by atoms with Crippen molar-refractivity contribution in [1.82, 2.24) is 0 Å². The lowest BCUT2D eigenvalue weighted by Crippen LogP contribution is -2.13. The van der Waals surface area contributed by atoms with Gasteiger partial charge in [0.25, 0.3) is 0 Å². The van der Waals surface area contributed by atoms with Gasteiger partial charge in [-0.25, -0.2) is 0 Å². The van der Waals surface area contributed by atoms with Gasteiger partial charge in [-0.3, -0.25) is 4.79 Å². The molecule has 244 valence electrons. The molecular formula is C39H76O2. The summed E-state index contributed by atoms with van der Waals surface area (Å²) in [7, 11) is 0. The van der Waals surface area contributed by atoms with Gasteiger partial charge in [-0.2, -0.15) is 0 Å². The van der Waals surface area contributed by atoms with Gasteiger partial charge in [0, 0.05) is 12.8 Å². The maximum Gasteiger partial charge on any atom is 0.135 e. The largest absolute Gasteiger partial charge is 0.393 e. The third-order valence-electron chi connectivity index (χ3n) is 8.82. The van der Waals surface area contributed by atoms with Gasteiger partial charge in [-0.05, 0) is 38.5 Å². The third-order valence-corrected chi connectivity index (χ3v) is 8.82. The average molecular weight is 577 g/mol. The Morgan fingerprint density at radius 3 is 1.17 bits per heavy atom. The van der Waals surface area contributed by atoms with E-state index in [0.717, 1.165) is 25.7 Å². The summed E-state index contributed by atoms with van der Waals surface area (Å²) in [5, 5.41) is 10.2. The van der Waals surface area contributed by atoms with Gasteiger partial charge in [-0.1, -0.05) is 187 Å². The number of hydrogen-bond donors (Lipinski definition) is 1. The fraction of sp³-hybridized carbons (Fsp3) is 0.923. The van der Waals surface area contributed by atoms with Gasteiger partial charge in [0.05, 0.1) is 6.10 Å². The minimum atomic E-state index is -0.415. The fourth-order valence-electron chi connectivity index (χ4n) is 5.96. The van der Waals surface area contributed by atoms with E-state index in [1.165, 1.54) is 173 Å². The molecule has 0 saturated heterocycles. The molecule has 0 aromatic carbocycles. The number of Topliss-reactive ketones (excluding diaryl/α,β-unsaturated/α-hetero) is 1. The van der Waals surface area contributed by atoms with E-state index in [1.54, 1.807) is 0 Å². The molecule has 41 heavy (non-hydrogen) atoms. The Kier molecular flexibility index (Phi) is 35.0. The molecule has 0 amide bonds. The second kappa shape index (κ2) is 35.6. The molecule has 0 aliphatic carbocycles. The maximum atomic E-state index is 12.2. The molecule has 0 spiro atoms. The lowest BCUT2D eigenvalue weighted by Gasteiger charge is -2.10. The van der Waals surface area contributed by atoms with Crippen molar-refractivity contribution >= 4 is 5.78 Å². The molecule has 0 aliphatic heterocycles. The third kappa shape index (κ3) is 35.5. The Bertz CT molecular complexity index is 526. The van der Waals surface area contributed by atoms with Crippen LogP contribution in [0, 0.1) is 0 Å². The second-order valence-electron chi connectivity index (χ2n) is 13.2. The maximum absolute atomic E-state index is 12.2. The Hall–Kier alpha value is -0.630. The Labute approximate surface area is 259 Å². The lowest BCUT2D eigenvalue weighted by atomic mass is 10.0. The van der Waals surface area contributed by atoms with Crippen molar-refractivity contribution in [3.8, 4) is 0 Å². The smallest absolute Gasteiger partial charge is 0.135 e. The zero-order valence-corrected chi connectivity index (χ0v) is 28.4. The van der Waals surface area contributed by atoms with E-state index >= 15 is 0 Å². The topological polar surface area (TPSA) is 37.3 Å². The molecule has 0 heterocycles. The van der Waals surface area contributed by atoms with Crippen molar-refractivity contribution in [3.05, 3.63) is 12.2 Å². The Balaban J connectivity index is 3.30. The lowest BCUT2D eigenvalue weighted by molar-refractivity contribution is -0.121. The van der Waals surface area contributed by atoms with Crippen LogP contribution in [0.5, 0.6) is 0 Å². The first-order chi connectivity index (χ1) is 20.2. The van der Waals surface area contributed by atoms with Crippen LogP contribution >= 0.6 is 0 Å². The molecule has 0 aromatic rings. The number of aliphatic hydroxyl groups is 1. The molecule has 0 fully saturated rings. The number of carbonyl (C=O) groups excluding carboxylic acids is 1. The van der Waals surface area contributed by atoms with E-state index in [2.05, 4.69) is 26.0 Å². The average Bonchev–Trinajstić information content (AvgIpc) is 2.96. The van der Waals surface area contributed by atoms with Crippen LogP contribution in [0.2, 0.25) is 0 Å². The summed E-state index contributed by atoms with van der Waals surface area (Å²) in [5.74, 6) is 0.266. The molecule has 1 N–H and O–H groups in total. The van der Waals surface area contributed by atoms with E-state index in [4.69, 9.17) is 0 Å². The summed E-state index contributed by atoms with van der Waals surface area (Å²) in [6.07, 6.45) is 46.2. The monoisotopic (exact) mass is 577 g/mol. The van der Waals surface area contributed by atoms with Crippen molar-refractivity contribution in [2.24, 2.45) is 0 Å². The minimum absolute atomic E-state index is 0.266. The Morgan fingerprint density at radius 1 is 0.463 bits per heavy atom. The fourth-order valence-corrected chi connectivity index (χ4v) is 5.96. The van der Waals surface area contributed by atoms with Crippen LogP contribution in [0.3, 0.4) is 0 Å². The Morgan fingerprint density at radius 2 is 0.780 bits per heavy atom. The SMILES string of the molecule is CCCCCCCC/C=C\CCCCCCCC(=O)CC(O)CCCCCCCCCCCCCCCCCCC. The molecule has 0 aliphatic rings. The normalized spacial score (nSPS) is 12.5. The second-order valence-corrected chi connectivity index (χ2v) is 13.2. The summed E-state index contributed by atoms with van der Waals surface area (Å²) in [6.45, 7) is 4.57. The summed E-state index contributed by atoms with van der Waals surface area (Å²) in [6, 6.07) is 0. The van der Waals surface area contributed by atoms with E-state index in [9.17, 15) is 9.90 Å². The molecule has 2 nitrogen and oxygen atoms in total. The van der Waals surface area contributed by atoms with E-state index in [1.807, 2.05) is 0 Å². The molecular weight excluding hydrogens is 500 g/mol. The number of ketones is 1. The van der Waals surface area contributed by atoms with Gasteiger partial charge in [0.2, 0.25) is 0 Å². The zero-order chi connectivity index (χ0) is 29.9. The van der Waals surface area contributed by atoms with Crippen LogP contribution in [0.25, 0.3) is 0 Å². The number of aliphatic hydroxyl groups excluding tert-OH is 1. The molecule has 0 bridgehead atoms. The van der Waals surface area contributed by atoms with Crippen molar-refractivity contribution < 1.29 is 9.90 Å². The standard InChI is InChI=1S/C39H76O2/c1-3-5-7-9-11-13-15-17-19-20-22-24-26-28-30-32-34-36-39(41)37-38(40)35-33-31-29-27-25-23-21-18-16-14-12-10-8-6-4-2/h18,21,39,41H,3-17,19-20,22-37H2,1-2H3/b21-18-. The predicted molar refractivity (Wildman–Crippen MR) is 184 cm³/mol. The van der Waals surface area contributed by atoms with Crippen molar-refractivity contribution in [1.29, 1.82) is 0 Å². The summed E-state index contributed by atoms with van der Waals surface area (Å²) < 4.78 is 0. The highest BCUT2D eigenvalue weighted by Crippen LogP contribution is 2.16. The highest BCUT2D eigenvalue weighted by Gasteiger charge is 2.10. The van der Waals surface area contributed by atoms with Crippen LogP contribution in [0.1, 0.15) is 226 Å². The van der Waals surface area contributed by atoms with Crippen LogP contribution < -0.4 is 0 Å². The number of allylic oxidation sites excluding steroid dienone is 2. The van der Waals surface area contributed by atoms with Crippen molar-refractivity contribution in [2.45, 2.75) is 232 Å². The predicted octanol–water partition coefficient (Wildman–Crippen LogP) is 13.4. The summed E-state index contributed by atoms with van der Waals surface area (Å²) in [5.41, 5.74) is 0. The highest BCUT2D eigenvalue weighted by molar-refractivity contribution is 5.78. The van der Waals surface area contributed by atoms with Crippen molar-refractivity contribution in [2.75, 3.05) is 0 Å². The molecule has 0 radical (unpaired) electrons. The van der Waals surface area contributed by atoms with Crippen LogP contribution in [-0.2, 0) is 4.79 Å². The first-order valence-corrected chi connectivity index (χ1v) is 19.0. The molecule has 1 atom stereocenters. The van der Waals surface area contributed by atoms with E-state index < -0.39 is 6.10 Å². The summed E-state index contributed by atoms with van der Waals surface area (Å²) >= 11 is 0. The first-order valence-electron chi connectivity index (χ1n) is 19.0. The first kappa shape index (κ1) is 40.4. The van der Waals surface area contributed by atoms with Crippen LogP contribution in [0.15, 0.2) is 12.2 Å². The van der Waals surface area contributed by atoms with Gasteiger partial charge < -0.3 is 5.11 Å². The molecule has 0 aromatic heterocycles. The number of hydrogen-bond acceptors (Lipinski definition) is 2.